The third-order valence-corrected chi connectivity index (χ3v) is 6.27. The van der Waals surface area contributed by atoms with E-state index < -0.39 is 17.8 Å². The molecule has 2 heterocycles. The van der Waals surface area contributed by atoms with Gasteiger partial charge >= 0.3 is 6.03 Å². The maximum Gasteiger partial charge on any atom is 0.335 e. The van der Waals surface area contributed by atoms with Crippen molar-refractivity contribution in [3.8, 4) is 23.0 Å². The second-order valence-electron chi connectivity index (χ2n) is 7.94. The summed E-state index contributed by atoms with van der Waals surface area (Å²) in [5.41, 5.74) is 0.993. The van der Waals surface area contributed by atoms with Crippen molar-refractivity contribution < 1.29 is 37.7 Å². The number of halogens is 2. The largest absolute Gasteiger partial charge is 0.493 e. The lowest BCUT2D eigenvalue weighted by molar-refractivity contribution is -0.122. The third kappa shape index (κ3) is 4.85. The minimum atomic E-state index is -0.885. The average molecular weight is 569 g/mol. The number of anilines is 1. The van der Waals surface area contributed by atoms with E-state index in [9.17, 15) is 18.8 Å². The Morgan fingerprint density at radius 3 is 2.65 bits per heavy atom. The number of barbiturate groups is 1. The number of carbonyl (C=O) groups is 3. The molecular weight excluding hydrogens is 551 g/mol. The molecule has 0 radical (unpaired) electrons. The highest BCUT2D eigenvalue weighted by Gasteiger charge is 2.37. The number of nitrogens with zero attached hydrogens (tertiary/aromatic N) is 1. The lowest BCUT2D eigenvalue weighted by Gasteiger charge is -2.26. The number of hydrogen-bond acceptors (Lipinski definition) is 7. The van der Waals surface area contributed by atoms with Crippen molar-refractivity contribution in [2.24, 2.45) is 0 Å². The zero-order valence-electron chi connectivity index (χ0n) is 19.2. The first-order chi connectivity index (χ1) is 17.8. The van der Waals surface area contributed by atoms with Gasteiger partial charge in [-0.25, -0.2) is 14.1 Å². The Bertz CT molecular complexity index is 1470. The normalized spacial score (nSPS) is 15.7. The van der Waals surface area contributed by atoms with E-state index in [-0.39, 0.29) is 30.5 Å². The number of ether oxygens (including phenoxy) is 4. The number of methoxy groups -OCH3 is 1. The van der Waals surface area contributed by atoms with Crippen molar-refractivity contribution in [3.63, 3.8) is 0 Å². The molecule has 11 heteroatoms. The van der Waals surface area contributed by atoms with E-state index in [1.807, 2.05) is 0 Å². The number of hydrogen-bond donors (Lipinski definition) is 1. The fourth-order valence-electron chi connectivity index (χ4n) is 3.79. The van der Waals surface area contributed by atoms with Crippen molar-refractivity contribution >= 4 is 45.5 Å². The van der Waals surface area contributed by atoms with Crippen LogP contribution in [0.5, 0.6) is 23.0 Å². The van der Waals surface area contributed by atoms with Crippen LogP contribution in [-0.2, 0) is 16.2 Å². The Kier molecular flexibility index (Phi) is 6.53. The molecular formula is C26H18BrFN2O7. The quantitative estimate of drug-likeness (QED) is 0.343. The van der Waals surface area contributed by atoms with E-state index in [4.69, 9.17) is 18.9 Å². The molecule has 4 amide bonds. The summed E-state index contributed by atoms with van der Waals surface area (Å²) in [5, 5.41) is 2.18. The van der Waals surface area contributed by atoms with Crippen LogP contribution in [-0.4, -0.2) is 31.7 Å². The SMILES string of the molecule is COc1cc(/C=C2\C(=O)NC(=O)N(c3ccc4c(c3)OCO4)C2=O)c(Br)cc1OCc1cccc(F)c1. The minimum absolute atomic E-state index is 0.0281. The van der Waals surface area contributed by atoms with Gasteiger partial charge < -0.3 is 18.9 Å². The van der Waals surface area contributed by atoms with E-state index in [2.05, 4.69) is 21.2 Å². The van der Waals surface area contributed by atoms with E-state index in [0.29, 0.717) is 38.6 Å². The first-order valence-electron chi connectivity index (χ1n) is 10.9. The summed E-state index contributed by atoms with van der Waals surface area (Å²) in [6.45, 7) is 0.120. The number of urea groups is 1. The maximum atomic E-state index is 13.5. The van der Waals surface area contributed by atoms with E-state index in [1.54, 1.807) is 30.3 Å². The van der Waals surface area contributed by atoms with Crippen molar-refractivity contribution in [1.82, 2.24) is 5.32 Å². The van der Waals surface area contributed by atoms with Crippen LogP contribution in [0.2, 0.25) is 0 Å². The van der Waals surface area contributed by atoms with Gasteiger partial charge in [-0.1, -0.05) is 28.1 Å². The van der Waals surface area contributed by atoms with E-state index in [0.717, 1.165) is 4.90 Å². The summed E-state index contributed by atoms with van der Waals surface area (Å²) < 4.78 is 35.8. The summed E-state index contributed by atoms with van der Waals surface area (Å²) in [6, 6.07) is 12.9. The standard InChI is InChI=1S/C26H18BrFN2O7/c1-34-21-9-15(19(27)11-23(21)35-12-14-3-2-4-16(28)7-14)8-18-24(31)29-26(33)30(25(18)32)17-5-6-20-22(10-17)37-13-36-20/h2-11H,12-13H2,1H3,(H,29,31,33)/b18-8+. The summed E-state index contributed by atoms with van der Waals surface area (Å²) >= 11 is 3.43. The van der Waals surface area contributed by atoms with Gasteiger partial charge in [0.05, 0.1) is 12.8 Å². The van der Waals surface area contributed by atoms with Crippen LogP contribution in [0.1, 0.15) is 11.1 Å². The molecule has 0 spiro atoms. The van der Waals surface area contributed by atoms with Crippen molar-refractivity contribution in [2.75, 3.05) is 18.8 Å². The number of imide groups is 2. The molecule has 0 atom stereocenters. The number of fused-ring (bicyclic) bond motifs is 1. The van der Waals surface area contributed by atoms with Gasteiger partial charge in [-0.05, 0) is 53.6 Å². The maximum absolute atomic E-state index is 13.5. The summed E-state index contributed by atoms with van der Waals surface area (Å²) in [7, 11) is 1.44. The number of benzene rings is 3. The zero-order chi connectivity index (χ0) is 26.1. The number of rotatable bonds is 6. The molecule has 188 valence electrons. The topological polar surface area (TPSA) is 103 Å². The van der Waals surface area contributed by atoms with Crippen LogP contribution in [0.15, 0.2) is 64.6 Å². The Morgan fingerprint density at radius 1 is 1.05 bits per heavy atom. The molecule has 37 heavy (non-hydrogen) atoms. The highest BCUT2D eigenvalue weighted by atomic mass is 79.9. The first-order valence-corrected chi connectivity index (χ1v) is 11.7. The zero-order valence-corrected chi connectivity index (χ0v) is 20.8. The number of nitrogens with one attached hydrogen (secondary N) is 1. The van der Waals surface area contributed by atoms with Gasteiger partial charge in [-0.3, -0.25) is 14.9 Å². The first kappa shape index (κ1) is 24.3. The predicted octanol–water partition coefficient (Wildman–Crippen LogP) is 4.57. The van der Waals surface area contributed by atoms with Crippen molar-refractivity contribution in [1.29, 1.82) is 0 Å². The molecule has 1 fully saturated rings. The average Bonchev–Trinajstić information content (AvgIpc) is 3.34. The van der Waals surface area contributed by atoms with E-state index in [1.165, 1.54) is 37.5 Å². The van der Waals surface area contributed by atoms with Crippen LogP contribution < -0.4 is 29.2 Å². The molecule has 9 nitrogen and oxygen atoms in total. The predicted molar refractivity (Wildman–Crippen MR) is 133 cm³/mol. The Hall–Kier alpha value is -4.38. The summed E-state index contributed by atoms with van der Waals surface area (Å²) in [5.74, 6) is -0.497. The monoisotopic (exact) mass is 568 g/mol. The van der Waals surface area contributed by atoms with Crippen molar-refractivity contribution in [3.05, 3.63) is 81.6 Å². The molecule has 3 aromatic carbocycles. The summed E-state index contributed by atoms with van der Waals surface area (Å²) in [4.78, 5) is 39.3. The van der Waals surface area contributed by atoms with Crippen LogP contribution in [0.25, 0.3) is 6.08 Å². The molecule has 1 saturated heterocycles. The molecule has 1 N–H and O–H groups in total. The molecule has 0 unspecified atom stereocenters. The van der Waals surface area contributed by atoms with Gasteiger partial charge in [0.25, 0.3) is 11.8 Å². The van der Waals surface area contributed by atoms with Gasteiger partial charge in [0.1, 0.15) is 18.0 Å². The Morgan fingerprint density at radius 2 is 1.86 bits per heavy atom. The third-order valence-electron chi connectivity index (χ3n) is 5.58. The summed E-state index contributed by atoms with van der Waals surface area (Å²) in [6.07, 6.45) is 1.34. The van der Waals surface area contributed by atoms with Crippen LogP contribution in [0.4, 0.5) is 14.9 Å². The number of carbonyl (C=O) groups excluding carboxylic acids is 3. The van der Waals surface area contributed by atoms with E-state index >= 15 is 0 Å². The molecule has 3 aromatic rings. The highest BCUT2D eigenvalue weighted by Crippen LogP contribution is 2.38. The second kappa shape index (κ2) is 9.94. The minimum Gasteiger partial charge on any atom is -0.493 e. The lowest BCUT2D eigenvalue weighted by Crippen LogP contribution is -2.54. The Labute approximate surface area is 218 Å². The molecule has 5 rings (SSSR count). The fraction of sp³-hybridized carbons (Fsp3) is 0.115. The smallest absolute Gasteiger partial charge is 0.335 e. The second-order valence-corrected chi connectivity index (χ2v) is 8.79. The molecule has 0 saturated carbocycles. The van der Waals surface area contributed by atoms with Gasteiger partial charge in [-0.15, -0.1) is 0 Å². The fourth-order valence-corrected chi connectivity index (χ4v) is 4.23. The Balaban J connectivity index is 1.44. The molecule has 2 aliphatic rings. The van der Waals surface area contributed by atoms with Gasteiger partial charge in [-0.2, -0.15) is 0 Å². The van der Waals surface area contributed by atoms with Crippen LogP contribution in [0.3, 0.4) is 0 Å². The van der Waals surface area contributed by atoms with Crippen LogP contribution >= 0.6 is 15.9 Å². The molecule has 0 bridgehead atoms. The van der Waals surface area contributed by atoms with Crippen molar-refractivity contribution in [2.45, 2.75) is 6.61 Å². The number of amides is 4. The van der Waals surface area contributed by atoms with Gasteiger partial charge in [0, 0.05) is 10.5 Å². The van der Waals surface area contributed by atoms with Gasteiger partial charge in [0.2, 0.25) is 6.79 Å². The lowest BCUT2D eigenvalue weighted by atomic mass is 10.1. The van der Waals surface area contributed by atoms with Crippen LogP contribution in [0, 0.1) is 5.82 Å². The molecule has 2 aliphatic heterocycles. The molecule has 0 aliphatic carbocycles. The molecule has 0 aromatic heterocycles. The van der Waals surface area contributed by atoms with Gasteiger partial charge in [0.15, 0.2) is 23.0 Å². The highest BCUT2D eigenvalue weighted by molar-refractivity contribution is 9.10.